The van der Waals surface area contributed by atoms with Crippen LogP contribution in [0.1, 0.15) is 11.1 Å². The van der Waals surface area contributed by atoms with Crippen molar-refractivity contribution in [3.8, 4) is 0 Å². The van der Waals surface area contributed by atoms with E-state index in [9.17, 15) is 16.8 Å². The Kier molecular flexibility index (Phi) is 6.38. The second kappa shape index (κ2) is 7.92. The van der Waals surface area contributed by atoms with Crippen LogP contribution in [0.5, 0.6) is 0 Å². The predicted molar refractivity (Wildman–Crippen MR) is 92.6 cm³/mol. The number of hydrogen-bond donors (Lipinski definition) is 0. The summed E-state index contributed by atoms with van der Waals surface area (Å²) in [5.74, 6) is -0.143. The summed E-state index contributed by atoms with van der Waals surface area (Å²) in [6.07, 6.45) is 0. The van der Waals surface area contributed by atoms with E-state index >= 15 is 0 Å². The molecule has 7 nitrogen and oxygen atoms in total. The number of ether oxygens (including phenoxy) is 1. The lowest BCUT2D eigenvalue weighted by Crippen LogP contribution is -2.51. The van der Waals surface area contributed by atoms with Gasteiger partial charge in [0.1, 0.15) is 0 Å². The molecule has 0 aliphatic carbocycles. The van der Waals surface area contributed by atoms with E-state index in [-0.39, 0.29) is 44.3 Å². The minimum Gasteiger partial charge on any atom is -0.384 e. The molecule has 1 aromatic carbocycles. The molecule has 1 aromatic rings. The molecule has 136 valence electrons. The van der Waals surface area contributed by atoms with Gasteiger partial charge in [0.2, 0.25) is 20.0 Å². The van der Waals surface area contributed by atoms with Crippen molar-refractivity contribution in [3.05, 3.63) is 35.4 Å². The van der Waals surface area contributed by atoms with Crippen molar-refractivity contribution in [2.24, 2.45) is 0 Å². The van der Waals surface area contributed by atoms with Gasteiger partial charge in [-0.1, -0.05) is 24.3 Å². The molecule has 0 saturated carbocycles. The Morgan fingerprint density at radius 1 is 0.958 bits per heavy atom. The number of piperazine rings is 1. The molecule has 9 heteroatoms. The van der Waals surface area contributed by atoms with E-state index in [4.69, 9.17) is 4.74 Å². The highest BCUT2D eigenvalue weighted by molar-refractivity contribution is 7.89. The number of hydrogen-bond acceptors (Lipinski definition) is 5. The van der Waals surface area contributed by atoms with E-state index in [0.29, 0.717) is 0 Å². The predicted octanol–water partition coefficient (Wildman–Crippen LogP) is 0.419. The lowest BCUT2D eigenvalue weighted by Gasteiger charge is -2.33. The zero-order valence-corrected chi connectivity index (χ0v) is 15.6. The van der Waals surface area contributed by atoms with Gasteiger partial charge in [-0.25, -0.2) is 16.8 Å². The van der Waals surface area contributed by atoms with E-state index in [1.807, 2.05) is 25.1 Å². The second-order valence-electron chi connectivity index (χ2n) is 5.79. The molecule has 2 rings (SSSR count). The number of methoxy groups -OCH3 is 1. The minimum atomic E-state index is -3.46. The second-order valence-corrected chi connectivity index (χ2v) is 9.85. The molecule has 0 spiro atoms. The van der Waals surface area contributed by atoms with Gasteiger partial charge in [0.25, 0.3) is 0 Å². The molecule has 0 bridgehead atoms. The highest BCUT2D eigenvalue weighted by atomic mass is 32.2. The fourth-order valence-electron chi connectivity index (χ4n) is 2.60. The van der Waals surface area contributed by atoms with Crippen LogP contribution in [0.15, 0.2) is 24.3 Å². The highest BCUT2D eigenvalue weighted by Crippen LogP contribution is 2.17. The number of aryl methyl sites for hydroxylation is 1. The summed E-state index contributed by atoms with van der Waals surface area (Å²) < 4.78 is 56.9. The zero-order valence-electron chi connectivity index (χ0n) is 14.0. The number of sulfonamides is 2. The van der Waals surface area contributed by atoms with Crippen molar-refractivity contribution >= 4 is 20.0 Å². The van der Waals surface area contributed by atoms with Crippen LogP contribution in [0.2, 0.25) is 0 Å². The maximum atomic E-state index is 12.6. The van der Waals surface area contributed by atoms with Gasteiger partial charge in [0.05, 0.1) is 18.1 Å². The SMILES string of the molecule is COCCS(=O)(=O)N1CCN(S(=O)(=O)Cc2ccccc2C)CC1. The summed E-state index contributed by atoms with van der Waals surface area (Å²) >= 11 is 0. The summed E-state index contributed by atoms with van der Waals surface area (Å²) in [7, 11) is -5.40. The van der Waals surface area contributed by atoms with Crippen molar-refractivity contribution in [2.45, 2.75) is 12.7 Å². The van der Waals surface area contributed by atoms with Gasteiger partial charge in [-0.05, 0) is 18.1 Å². The molecule has 0 radical (unpaired) electrons. The van der Waals surface area contributed by atoms with Crippen molar-refractivity contribution in [1.29, 1.82) is 0 Å². The average molecular weight is 377 g/mol. The van der Waals surface area contributed by atoms with Gasteiger partial charge in [-0.15, -0.1) is 0 Å². The van der Waals surface area contributed by atoms with E-state index in [2.05, 4.69) is 0 Å². The van der Waals surface area contributed by atoms with Gasteiger partial charge in [-0.3, -0.25) is 0 Å². The summed E-state index contributed by atoms with van der Waals surface area (Å²) in [4.78, 5) is 0. The molecule has 0 atom stereocenters. The molecule has 0 unspecified atom stereocenters. The third kappa shape index (κ3) is 4.76. The monoisotopic (exact) mass is 376 g/mol. The van der Waals surface area contributed by atoms with Gasteiger partial charge >= 0.3 is 0 Å². The first kappa shape index (κ1) is 19.3. The Bertz CT molecular complexity index is 754. The molecule has 1 saturated heterocycles. The fraction of sp³-hybridized carbons (Fsp3) is 0.600. The van der Waals surface area contributed by atoms with Crippen molar-refractivity contribution in [3.63, 3.8) is 0 Å². The van der Waals surface area contributed by atoms with Crippen molar-refractivity contribution in [2.75, 3.05) is 45.6 Å². The maximum absolute atomic E-state index is 12.6. The molecule has 1 aliphatic heterocycles. The lowest BCUT2D eigenvalue weighted by molar-refractivity contribution is 0.213. The van der Waals surface area contributed by atoms with Crippen molar-refractivity contribution in [1.82, 2.24) is 8.61 Å². The topological polar surface area (TPSA) is 84.0 Å². The third-order valence-electron chi connectivity index (χ3n) is 4.13. The van der Waals surface area contributed by atoms with Crippen LogP contribution in [0, 0.1) is 6.92 Å². The normalized spacial score (nSPS) is 17.9. The van der Waals surface area contributed by atoms with Crippen LogP contribution >= 0.6 is 0 Å². The largest absolute Gasteiger partial charge is 0.384 e. The number of benzene rings is 1. The summed E-state index contributed by atoms with van der Waals surface area (Å²) in [6.45, 7) is 2.73. The van der Waals surface area contributed by atoms with E-state index in [0.717, 1.165) is 11.1 Å². The zero-order chi connectivity index (χ0) is 17.8. The smallest absolute Gasteiger partial charge is 0.218 e. The molecule has 1 heterocycles. The molecule has 0 N–H and O–H groups in total. The quantitative estimate of drug-likeness (QED) is 0.689. The first-order valence-corrected chi connectivity index (χ1v) is 11.0. The molecular formula is C15H24N2O5S2. The van der Waals surface area contributed by atoms with E-state index in [1.165, 1.54) is 15.7 Å². The number of rotatable bonds is 7. The fourth-order valence-corrected chi connectivity index (χ4v) is 5.58. The summed E-state index contributed by atoms with van der Waals surface area (Å²) in [6, 6.07) is 7.37. The average Bonchev–Trinajstić information content (AvgIpc) is 2.55. The van der Waals surface area contributed by atoms with Crippen LogP contribution in [-0.2, 0) is 30.5 Å². The van der Waals surface area contributed by atoms with E-state index < -0.39 is 20.0 Å². The molecule has 24 heavy (non-hydrogen) atoms. The van der Waals surface area contributed by atoms with Gasteiger partial charge in [0, 0.05) is 33.3 Å². The van der Waals surface area contributed by atoms with Crippen LogP contribution in [0.3, 0.4) is 0 Å². The van der Waals surface area contributed by atoms with Crippen molar-refractivity contribution < 1.29 is 21.6 Å². The molecule has 0 aromatic heterocycles. The molecule has 0 amide bonds. The van der Waals surface area contributed by atoms with Crippen LogP contribution in [-0.4, -0.2) is 71.1 Å². The Morgan fingerprint density at radius 2 is 1.50 bits per heavy atom. The summed E-state index contributed by atoms with van der Waals surface area (Å²) in [5, 5.41) is 0. The Hall–Kier alpha value is -1.00. The molecule has 1 fully saturated rings. The van der Waals surface area contributed by atoms with Gasteiger partial charge < -0.3 is 4.74 Å². The van der Waals surface area contributed by atoms with Crippen LogP contribution in [0.4, 0.5) is 0 Å². The highest BCUT2D eigenvalue weighted by Gasteiger charge is 2.32. The Morgan fingerprint density at radius 3 is 2.04 bits per heavy atom. The van der Waals surface area contributed by atoms with E-state index in [1.54, 1.807) is 6.07 Å². The Labute approximate surface area is 144 Å². The van der Waals surface area contributed by atoms with Crippen LogP contribution < -0.4 is 0 Å². The van der Waals surface area contributed by atoms with Crippen LogP contribution in [0.25, 0.3) is 0 Å². The molecular weight excluding hydrogens is 352 g/mol. The van der Waals surface area contributed by atoms with Gasteiger partial charge in [0.15, 0.2) is 0 Å². The van der Waals surface area contributed by atoms with Gasteiger partial charge in [-0.2, -0.15) is 8.61 Å². The number of nitrogens with zero attached hydrogens (tertiary/aromatic N) is 2. The first-order valence-electron chi connectivity index (χ1n) is 7.75. The first-order chi connectivity index (χ1) is 11.3. The molecule has 1 aliphatic rings. The minimum absolute atomic E-state index is 0.0594. The Balaban J connectivity index is 2.00. The standard InChI is InChI=1S/C15H24N2O5S2/c1-14-5-3-4-6-15(14)13-24(20,21)17-9-7-16(8-10-17)23(18,19)12-11-22-2/h3-6H,7-13H2,1-2H3. The maximum Gasteiger partial charge on any atom is 0.218 e. The lowest BCUT2D eigenvalue weighted by atomic mass is 10.1. The summed E-state index contributed by atoms with van der Waals surface area (Å²) in [5.41, 5.74) is 1.70. The third-order valence-corrected chi connectivity index (χ3v) is 7.79.